The summed E-state index contributed by atoms with van der Waals surface area (Å²) in [4.78, 5) is 40.9. The highest BCUT2D eigenvalue weighted by atomic mass is 16.5. The minimum atomic E-state index is -0.808. The predicted molar refractivity (Wildman–Crippen MR) is 149 cm³/mol. The van der Waals surface area contributed by atoms with Crippen LogP contribution in [-0.4, -0.2) is 36.1 Å². The fraction of sp³-hybridized carbons (Fsp3) is 0.200. The van der Waals surface area contributed by atoms with Crippen LogP contribution >= 0.6 is 0 Å². The van der Waals surface area contributed by atoms with Gasteiger partial charge in [-0.3, -0.25) is 4.90 Å². The van der Waals surface area contributed by atoms with Crippen LogP contribution in [0.5, 0.6) is 0 Å². The Bertz CT molecular complexity index is 1440. The van der Waals surface area contributed by atoms with E-state index in [0.29, 0.717) is 46.7 Å². The molecule has 3 N–H and O–H groups in total. The van der Waals surface area contributed by atoms with Crippen LogP contribution in [0.25, 0.3) is 5.70 Å². The van der Waals surface area contributed by atoms with Gasteiger partial charge in [-0.05, 0) is 54.8 Å². The minimum absolute atomic E-state index is 0.174. The largest absolute Gasteiger partial charge is 0.463 e. The quantitative estimate of drug-likeness (QED) is 0.329. The number of benzene rings is 3. The van der Waals surface area contributed by atoms with Gasteiger partial charge < -0.3 is 20.7 Å². The van der Waals surface area contributed by atoms with E-state index in [2.05, 4.69) is 16.0 Å². The van der Waals surface area contributed by atoms with Crippen molar-refractivity contribution in [2.75, 3.05) is 23.8 Å². The van der Waals surface area contributed by atoms with E-state index in [-0.39, 0.29) is 12.6 Å². The second kappa shape index (κ2) is 12.4. The normalized spacial score (nSPS) is 14.7. The molecule has 1 aliphatic heterocycles. The van der Waals surface area contributed by atoms with Gasteiger partial charge >= 0.3 is 18.0 Å². The Balaban J connectivity index is 1.71. The molecule has 198 valence electrons. The van der Waals surface area contributed by atoms with Crippen LogP contribution in [0.3, 0.4) is 0 Å². The molecule has 3 aromatic rings. The first-order valence-electron chi connectivity index (χ1n) is 12.7. The number of ether oxygens (including phenoxy) is 1. The summed E-state index contributed by atoms with van der Waals surface area (Å²) in [5, 5.41) is 17.5. The van der Waals surface area contributed by atoms with Gasteiger partial charge in [-0.15, -0.1) is 0 Å². The van der Waals surface area contributed by atoms with Crippen LogP contribution in [-0.2, 0) is 9.53 Å². The number of esters is 1. The number of carbonyl (C=O) groups is 3. The molecule has 4 rings (SSSR count). The number of hydrogen-bond acceptors (Lipinski definition) is 5. The molecule has 1 atom stereocenters. The van der Waals surface area contributed by atoms with Crippen molar-refractivity contribution in [2.24, 2.45) is 0 Å². The molecule has 3 aromatic carbocycles. The summed E-state index contributed by atoms with van der Waals surface area (Å²) in [5.41, 5.74) is 3.48. The van der Waals surface area contributed by atoms with E-state index < -0.39 is 18.0 Å². The van der Waals surface area contributed by atoms with Crippen LogP contribution < -0.4 is 16.0 Å². The second-order valence-electron chi connectivity index (χ2n) is 8.78. The van der Waals surface area contributed by atoms with Gasteiger partial charge in [0, 0.05) is 17.9 Å². The predicted octanol–water partition coefficient (Wildman–Crippen LogP) is 5.65. The number of nitrogens with zero attached hydrogens (tertiary/aromatic N) is 2. The van der Waals surface area contributed by atoms with Gasteiger partial charge in [0.15, 0.2) is 0 Å². The van der Waals surface area contributed by atoms with Gasteiger partial charge in [0.1, 0.15) is 0 Å². The first-order valence-corrected chi connectivity index (χ1v) is 12.7. The number of nitriles is 1. The lowest BCUT2D eigenvalue weighted by Gasteiger charge is -2.37. The van der Waals surface area contributed by atoms with E-state index in [1.165, 1.54) is 0 Å². The Labute approximate surface area is 227 Å². The van der Waals surface area contributed by atoms with Crippen LogP contribution in [0.1, 0.15) is 43.0 Å². The van der Waals surface area contributed by atoms with Gasteiger partial charge in [-0.2, -0.15) is 5.26 Å². The lowest BCUT2D eigenvalue weighted by molar-refractivity contribution is -0.138. The molecule has 0 saturated carbocycles. The van der Waals surface area contributed by atoms with E-state index in [9.17, 15) is 14.4 Å². The SMILES string of the molecule is CCCN1C(=O)NC(c2cccc(NC(=O)Nc3cccc(C#N)c3)c2)C(C(=O)OCC)=C1c1ccccc1. The van der Waals surface area contributed by atoms with E-state index in [0.717, 1.165) is 5.56 Å². The molecular weight excluding hydrogens is 494 g/mol. The van der Waals surface area contributed by atoms with Crippen LogP contribution in [0.2, 0.25) is 0 Å². The van der Waals surface area contributed by atoms with Crippen molar-refractivity contribution in [2.45, 2.75) is 26.3 Å². The maximum absolute atomic E-state index is 13.4. The molecule has 9 heteroatoms. The average molecular weight is 524 g/mol. The van der Waals surface area contributed by atoms with Gasteiger partial charge in [-0.25, -0.2) is 14.4 Å². The van der Waals surface area contributed by atoms with E-state index in [1.807, 2.05) is 43.3 Å². The van der Waals surface area contributed by atoms with E-state index in [4.69, 9.17) is 10.00 Å². The summed E-state index contributed by atoms with van der Waals surface area (Å²) in [7, 11) is 0. The molecule has 9 nitrogen and oxygen atoms in total. The molecule has 0 aromatic heterocycles. The number of urea groups is 2. The van der Waals surface area contributed by atoms with Crippen molar-refractivity contribution in [3.63, 3.8) is 0 Å². The maximum Gasteiger partial charge on any atom is 0.338 e. The Morgan fingerprint density at radius 3 is 2.33 bits per heavy atom. The van der Waals surface area contributed by atoms with Crippen LogP contribution in [0.4, 0.5) is 21.0 Å². The lowest BCUT2D eigenvalue weighted by Crippen LogP contribution is -2.48. The molecule has 4 amide bonds. The molecule has 1 heterocycles. The van der Waals surface area contributed by atoms with Crippen molar-refractivity contribution in [1.29, 1.82) is 5.26 Å². The Hall–Kier alpha value is -5.10. The summed E-state index contributed by atoms with van der Waals surface area (Å²) >= 11 is 0. The topological polar surface area (TPSA) is 124 Å². The van der Waals surface area contributed by atoms with E-state index >= 15 is 0 Å². The number of amides is 4. The molecule has 1 aliphatic rings. The standard InChI is InChI=1S/C30H29N5O4/c1-3-16-35-27(21-11-6-5-7-12-21)25(28(36)39-4-2)26(34-30(35)38)22-13-9-15-24(18-22)33-29(37)32-23-14-8-10-20(17-23)19-31/h5-15,17-18,26H,3-4,16H2,1-2H3,(H,34,38)(H2,32,33,37). The molecular formula is C30H29N5O4. The Morgan fingerprint density at radius 2 is 1.67 bits per heavy atom. The maximum atomic E-state index is 13.4. The van der Waals surface area contributed by atoms with E-state index in [1.54, 1.807) is 60.4 Å². The second-order valence-corrected chi connectivity index (χ2v) is 8.78. The molecule has 0 saturated heterocycles. The number of hydrogen-bond donors (Lipinski definition) is 3. The first kappa shape index (κ1) is 26.9. The summed E-state index contributed by atoms with van der Waals surface area (Å²) in [6.07, 6.45) is 0.691. The number of carbonyl (C=O) groups excluding carboxylic acids is 3. The monoisotopic (exact) mass is 523 g/mol. The highest BCUT2D eigenvalue weighted by Gasteiger charge is 2.38. The van der Waals surface area contributed by atoms with Crippen LogP contribution in [0.15, 0.2) is 84.4 Å². The van der Waals surface area contributed by atoms with Gasteiger partial charge in [0.2, 0.25) is 0 Å². The molecule has 0 radical (unpaired) electrons. The number of rotatable bonds is 8. The third-order valence-electron chi connectivity index (χ3n) is 6.04. The van der Waals surface area contributed by atoms with Crippen molar-refractivity contribution in [1.82, 2.24) is 10.2 Å². The number of anilines is 2. The molecule has 0 aliphatic carbocycles. The van der Waals surface area contributed by atoms with Crippen LogP contribution in [0, 0.1) is 11.3 Å². The highest BCUT2D eigenvalue weighted by molar-refractivity contribution is 6.05. The fourth-order valence-corrected chi connectivity index (χ4v) is 4.43. The first-order chi connectivity index (χ1) is 18.9. The fourth-order valence-electron chi connectivity index (χ4n) is 4.43. The zero-order valence-electron chi connectivity index (χ0n) is 21.7. The van der Waals surface area contributed by atoms with Crippen molar-refractivity contribution in [3.05, 3.63) is 101 Å². The summed E-state index contributed by atoms with van der Waals surface area (Å²) in [6, 6.07) is 23.2. The summed E-state index contributed by atoms with van der Waals surface area (Å²) < 4.78 is 5.45. The van der Waals surface area contributed by atoms with Crippen molar-refractivity contribution >= 4 is 35.1 Å². The van der Waals surface area contributed by atoms with Gasteiger partial charge in [0.25, 0.3) is 0 Å². The number of nitrogens with one attached hydrogen (secondary N) is 3. The Morgan fingerprint density at radius 1 is 0.974 bits per heavy atom. The third kappa shape index (κ3) is 6.25. The molecule has 1 unspecified atom stereocenters. The van der Waals surface area contributed by atoms with Crippen molar-refractivity contribution < 1.29 is 19.1 Å². The smallest absolute Gasteiger partial charge is 0.338 e. The van der Waals surface area contributed by atoms with Gasteiger partial charge in [0.05, 0.1) is 35.6 Å². The zero-order chi connectivity index (χ0) is 27.8. The summed E-state index contributed by atoms with van der Waals surface area (Å²) in [6.45, 7) is 4.28. The lowest BCUT2D eigenvalue weighted by atomic mass is 9.91. The minimum Gasteiger partial charge on any atom is -0.463 e. The van der Waals surface area contributed by atoms with Crippen molar-refractivity contribution in [3.8, 4) is 6.07 Å². The molecule has 0 spiro atoms. The highest BCUT2D eigenvalue weighted by Crippen LogP contribution is 2.37. The Kier molecular flexibility index (Phi) is 8.59. The van der Waals surface area contributed by atoms with Gasteiger partial charge in [-0.1, -0.05) is 55.5 Å². The molecule has 0 fully saturated rings. The molecule has 0 bridgehead atoms. The zero-order valence-corrected chi connectivity index (χ0v) is 21.7. The third-order valence-corrected chi connectivity index (χ3v) is 6.04. The summed E-state index contributed by atoms with van der Waals surface area (Å²) in [5.74, 6) is -0.532. The average Bonchev–Trinajstić information content (AvgIpc) is 2.94. The molecule has 39 heavy (non-hydrogen) atoms.